The van der Waals surface area contributed by atoms with E-state index in [0.717, 1.165) is 25.3 Å². The third-order valence-corrected chi connectivity index (χ3v) is 4.62. The third kappa shape index (κ3) is 3.64. The summed E-state index contributed by atoms with van der Waals surface area (Å²) in [5.41, 5.74) is 0. The highest BCUT2D eigenvalue weighted by Crippen LogP contribution is 2.22. The van der Waals surface area contributed by atoms with Crippen LogP contribution < -0.4 is 0 Å². The Morgan fingerprint density at radius 3 is 2.76 bits per heavy atom. The molecule has 0 saturated carbocycles. The van der Waals surface area contributed by atoms with Crippen LogP contribution >= 0.6 is 11.8 Å². The summed E-state index contributed by atoms with van der Waals surface area (Å²) in [6.07, 6.45) is 4.88. The molecule has 1 saturated heterocycles. The molecule has 1 aromatic heterocycles. The number of nitrogens with zero attached hydrogens (tertiary/aromatic N) is 4. The molecule has 0 spiro atoms. The zero-order chi connectivity index (χ0) is 14.5. The van der Waals surface area contributed by atoms with Gasteiger partial charge in [-0.2, -0.15) is 15.0 Å². The van der Waals surface area contributed by atoms with Crippen LogP contribution in [0.15, 0.2) is 47.6 Å². The monoisotopic (exact) mass is 302 g/mol. The predicted octanol–water partition coefficient (Wildman–Crippen LogP) is 2.23. The standard InChI is InChI=1S/C15H18N4OS/c20-15(7-11-21-14-4-2-1-3-5-14)18-10-6-13(12-18)19-16-8-9-17-19/h1-5,8-9,13H,6-7,10-12H2. The zero-order valence-electron chi connectivity index (χ0n) is 11.8. The summed E-state index contributed by atoms with van der Waals surface area (Å²) in [7, 11) is 0. The maximum absolute atomic E-state index is 12.2. The molecule has 1 aliphatic heterocycles. The lowest BCUT2D eigenvalue weighted by Crippen LogP contribution is -2.29. The quantitative estimate of drug-likeness (QED) is 0.795. The molecule has 1 atom stereocenters. The van der Waals surface area contributed by atoms with Gasteiger partial charge in [0.15, 0.2) is 0 Å². The Balaban J connectivity index is 1.44. The average molecular weight is 302 g/mol. The Morgan fingerprint density at radius 2 is 2.00 bits per heavy atom. The van der Waals surface area contributed by atoms with Crippen LogP contribution in [-0.2, 0) is 4.79 Å². The molecule has 3 rings (SSSR count). The van der Waals surface area contributed by atoms with Crippen LogP contribution in [0, 0.1) is 0 Å². The molecule has 0 bridgehead atoms. The summed E-state index contributed by atoms with van der Waals surface area (Å²) < 4.78 is 0. The molecule has 6 heteroatoms. The van der Waals surface area contributed by atoms with Crippen molar-refractivity contribution >= 4 is 17.7 Å². The Labute approximate surface area is 128 Å². The minimum Gasteiger partial charge on any atom is -0.340 e. The highest BCUT2D eigenvalue weighted by Gasteiger charge is 2.27. The minimum atomic E-state index is 0.228. The first-order chi connectivity index (χ1) is 10.3. The maximum atomic E-state index is 12.2. The molecule has 21 heavy (non-hydrogen) atoms. The van der Waals surface area contributed by atoms with Gasteiger partial charge in [-0.25, -0.2) is 0 Å². The highest BCUT2D eigenvalue weighted by atomic mass is 32.2. The molecule has 1 unspecified atom stereocenters. The molecule has 2 heterocycles. The average Bonchev–Trinajstić information content (AvgIpc) is 3.19. The van der Waals surface area contributed by atoms with Crippen LogP contribution in [0.4, 0.5) is 0 Å². The smallest absolute Gasteiger partial charge is 0.223 e. The van der Waals surface area contributed by atoms with Crippen LogP contribution in [0.25, 0.3) is 0 Å². The van der Waals surface area contributed by atoms with Crippen molar-refractivity contribution in [1.82, 2.24) is 19.9 Å². The maximum Gasteiger partial charge on any atom is 0.223 e. The molecule has 1 fully saturated rings. The van der Waals surface area contributed by atoms with Crippen LogP contribution in [-0.4, -0.2) is 44.6 Å². The number of aromatic nitrogens is 3. The van der Waals surface area contributed by atoms with E-state index in [2.05, 4.69) is 22.3 Å². The summed E-state index contributed by atoms with van der Waals surface area (Å²) in [6.45, 7) is 1.53. The van der Waals surface area contributed by atoms with Crippen molar-refractivity contribution in [2.24, 2.45) is 0 Å². The van der Waals surface area contributed by atoms with Crippen molar-refractivity contribution < 1.29 is 4.79 Å². The fourth-order valence-corrected chi connectivity index (χ4v) is 3.36. The number of thioether (sulfide) groups is 1. The van der Waals surface area contributed by atoms with Gasteiger partial charge in [0.25, 0.3) is 0 Å². The molecule has 110 valence electrons. The van der Waals surface area contributed by atoms with Gasteiger partial charge < -0.3 is 4.90 Å². The number of hydrogen-bond acceptors (Lipinski definition) is 4. The van der Waals surface area contributed by atoms with Gasteiger partial charge in [-0.1, -0.05) is 18.2 Å². The molecule has 0 radical (unpaired) electrons. The van der Waals surface area contributed by atoms with Crippen molar-refractivity contribution in [2.45, 2.75) is 23.8 Å². The van der Waals surface area contributed by atoms with Gasteiger partial charge in [-0.15, -0.1) is 11.8 Å². The van der Waals surface area contributed by atoms with E-state index in [1.165, 1.54) is 4.90 Å². The van der Waals surface area contributed by atoms with Crippen molar-refractivity contribution in [3.63, 3.8) is 0 Å². The second-order valence-corrected chi connectivity index (χ2v) is 6.21. The first-order valence-electron chi connectivity index (χ1n) is 7.14. The summed E-state index contributed by atoms with van der Waals surface area (Å²) in [5.74, 6) is 1.05. The molecule has 0 N–H and O–H groups in total. The van der Waals surface area contributed by atoms with Gasteiger partial charge >= 0.3 is 0 Å². The van der Waals surface area contributed by atoms with Gasteiger partial charge in [-0.3, -0.25) is 4.79 Å². The fourth-order valence-electron chi connectivity index (χ4n) is 2.50. The van der Waals surface area contributed by atoms with Gasteiger partial charge in [0.1, 0.15) is 0 Å². The summed E-state index contributed by atoms with van der Waals surface area (Å²) in [4.78, 5) is 17.1. The normalized spacial score (nSPS) is 18.1. The molecular weight excluding hydrogens is 284 g/mol. The predicted molar refractivity (Wildman–Crippen MR) is 82.0 cm³/mol. The highest BCUT2D eigenvalue weighted by molar-refractivity contribution is 7.99. The van der Waals surface area contributed by atoms with E-state index in [1.807, 2.05) is 23.1 Å². The first-order valence-corrected chi connectivity index (χ1v) is 8.13. The Bertz CT molecular complexity index is 573. The number of amides is 1. The van der Waals surface area contributed by atoms with Crippen molar-refractivity contribution in [3.05, 3.63) is 42.7 Å². The SMILES string of the molecule is O=C(CCSc1ccccc1)N1CCC(n2nccn2)C1. The Kier molecular flexibility index (Phi) is 4.55. The number of carbonyl (C=O) groups is 1. The van der Waals surface area contributed by atoms with E-state index in [1.54, 1.807) is 29.0 Å². The lowest BCUT2D eigenvalue weighted by molar-refractivity contribution is -0.129. The number of rotatable bonds is 5. The topological polar surface area (TPSA) is 51.0 Å². The zero-order valence-corrected chi connectivity index (χ0v) is 12.6. The van der Waals surface area contributed by atoms with Gasteiger partial charge in [-0.05, 0) is 18.6 Å². The van der Waals surface area contributed by atoms with E-state index in [9.17, 15) is 4.79 Å². The molecule has 1 aliphatic rings. The van der Waals surface area contributed by atoms with Crippen molar-refractivity contribution in [2.75, 3.05) is 18.8 Å². The largest absolute Gasteiger partial charge is 0.340 e. The van der Waals surface area contributed by atoms with E-state index in [4.69, 9.17) is 0 Å². The van der Waals surface area contributed by atoms with Crippen LogP contribution in [0.3, 0.4) is 0 Å². The van der Waals surface area contributed by atoms with Crippen molar-refractivity contribution in [3.8, 4) is 0 Å². The lowest BCUT2D eigenvalue weighted by Gasteiger charge is -2.16. The van der Waals surface area contributed by atoms with Crippen LogP contribution in [0.1, 0.15) is 18.9 Å². The van der Waals surface area contributed by atoms with Crippen LogP contribution in [0.2, 0.25) is 0 Å². The van der Waals surface area contributed by atoms with E-state index < -0.39 is 0 Å². The first kappa shape index (κ1) is 14.1. The Hall–Kier alpha value is -1.82. The van der Waals surface area contributed by atoms with Gasteiger partial charge in [0.05, 0.1) is 18.4 Å². The molecule has 5 nitrogen and oxygen atoms in total. The number of hydrogen-bond donors (Lipinski definition) is 0. The van der Waals surface area contributed by atoms with E-state index in [-0.39, 0.29) is 11.9 Å². The molecule has 0 aliphatic carbocycles. The number of likely N-dealkylation sites (tertiary alicyclic amines) is 1. The van der Waals surface area contributed by atoms with Crippen molar-refractivity contribution in [1.29, 1.82) is 0 Å². The second-order valence-electron chi connectivity index (χ2n) is 5.04. The fraction of sp³-hybridized carbons (Fsp3) is 0.400. The van der Waals surface area contributed by atoms with Gasteiger partial charge in [0, 0.05) is 30.2 Å². The van der Waals surface area contributed by atoms with E-state index in [0.29, 0.717) is 6.42 Å². The second kappa shape index (κ2) is 6.76. The number of carbonyl (C=O) groups excluding carboxylic acids is 1. The minimum absolute atomic E-state index is 0.228. The molecular formula is C15H18N4OS. The summed E-state index contributed by atoms with van der Waals surface area (Å²) in [5, 5.41) is 8.31. The Morgan fingerprint density at radius 1 is 1.24 bits per heavy atom. The summed E-state index contributed by atoms with van der Waals surface area (Å²) in [6, 6.07) is 10.4. The van der Waals surface area contributed by atoms with Gasteiger partial charge in [0.2, 0.25) is 5.91 Å². The summed E-state index contributed by atoms with van der Waals surface area (Å²) >= 11 is 1.73. The third-order valence-electron chi connectivity index (χ3n) is 3.61. The molecule has 1 aromatic carbocycles. The van der Waals surface area contributed by atoms with Crippen LogP contribution in [0.5, 0.6) is 0 Å². The molecule has 1 amide bonds. The lowest BCUT2D eigenvalue weighted by atomic mass is 10.3. The molecule has 2 aromatic rings. The van der Waals surface area contributed by atoms with E-state index >= 15 is 0 Å². The number of benzene rings is 1.